The summed E-state index contributed by atoms with van der Waals surface area (Å²) in [5, 5.41) is 7.94. The molecule has 0 unspecified atom stereocenters. The van der Waals surface area contributed by atoms with E-state index >= 15 is 0 Å². The van der Waals surface area contributed by atoms with E-state index in [1.165, 1.54) is 18.9 Å². The first-order valence-corrected chi connectivity index (χ1v) is 9.86. The van der Waals surface area contributed by atoms with Crippen LogP contribution in [-0.4, -0.2) is 44.8 Å². The number of hydrogen-bond donors (Lipinski definition) is 1. The zero-order valence-electron chi connectivity index (χ0n) is 16.1. The predicted molar refractivity (Wildman–Crippen MR) is 105 cm³/mol. The van der Waals surface area contributed by atoms with E-state index in [1.54, 1.807) is 28.8 Å². The van der Waals surface area contributed by atoms with Gasteiger partial charge in [-0.1, -0.05) is 23.9 Å². The molecule has 1 aromatic carbocycles. The lowest BCUT2D eigenvalue weighted by Crippen LogP contribution is -2.26. The number of rotatable bonds is 6. The molecule has 0 radical (unpaired) electrons. The van der Waals surface area contributed by atoms with Gasteiger partial charge in [-0.3, -0.25) is 4.79 Å². The van der Waals surface area contributed by atoms with Gasteiger partial charge in [0, 0.05) is 23.5 Å². The van der Waals surface area contributed by atoms with Crippen molar-refractivity contribution in [2.45, 2.75) is 32.0 Å². The Morgan fingerprint density at radius 3 is 2.54 bits per heavy atom. The zero-order valence-corrected chi connectivity index (χ0v) is 17.0. The SMILES string of the molecule is COC(=O)c1ccc(CNC(=O)Cc2c(C)nc3nc(SC)nn3c2C)cc1. The zero-order chi connectivity index (χ0) is 20.3. The summed E-state index contributed by atoms with van der Waals surface area (Å²) in [4.78, 5) is 32.7. The maximum atomic E-state index is 12.4. The van der Waals surface area contributed by atoms with Gasteiger partial charge in [0.05, 0.1) is 19.1 Å². The molecule has 0 fully saturated rings. The van der Waals surface area contributed by atoms with Gasteiger partial charge in [-0.25, -0.2) is 14.3 Å². The number of nitrogens with one attached hydrogen (secondary N) is 1. The minimum atomic E-state index is -0.387. The molecule has 1 amide bonds. The quantitative estimate of drug-likeness (QED) is 0.501. The van der Waals surface area contributed by atoms with Crippen LogP contribution in [0.5, 0.6) is 0 Å². The van der Waals surface area contributed by atoms with Crippen molar-refractivity contribution in [3.05, 3.63) is 52.3 Å². The molecule has 2 aromatic heterocycles. The summed E-state index contributed by atoms with van der Waals surface area (Å²) in [6, 6.07) is 6.92. The van der Waals surface area contributed by atoms with Gasteiger partial charge in [-0.15, -0.1) is 5.10 Å². The maximum Gasteiger partial charge on any atom is 0.337 e. The van der Waals surface area contributed by atoms with Crippen molar-refractivity contribution in [3.63, 3.8) is 0 Å². The highest BCUT2D eigenvalue weighted by molar-refractivity contribution is 7.98. The topological polar surface area (TPSA) is 98.5 Å². The number of benzene rings is 1. The van der Waals surface area contributed by atoms with Crippen LogP contribution in [-0.2, 0) is 22.5 Å². The lowest BCUT2D eigenvalue weighted by atomic mass is 10.1. The second kappa shape index (κ2) is 8.39. The van der Waals surface area contributed by atoms with E-state index in [1.807, 2.05) is 20.1 Å². The smallest absolute Gasteiger partial charge is 0.337 e. The number of carbonyl (C=O) groups is 2. The Bertz CT molecular complexity index is 1030. The molecule has 3 rings (SSSR count). The highest BCUT2D eigenvalue weighted by atomic mass is 32.2. The fourth-order valence-electron chi connectivity index (χ4n) is 2.83. The predicted octanol–water partition coefficient (Wildman–Crippen LogP) is 2.11. The van der Waals surface area contributed by atoms with E-state index in [0.717, 1.165) is 22.5 Å². The Labute approximate surface area is 166 Å². The Morgan fingerprint density at radius 2 is 1.89 bits per heavy atom. The van der Waals surface area contributed by atoms with E-state index in [0.29, 0.717) is 23.0 Å². The van der Waals surface area contributed by atoms with Crippen molar-refractivity contribution in [1.82, 2.24) is 24.9 Å². The van der Waals surface area contributed by atoms with Crippen LogP contribution in [0, 0.1) is 13.8 Å². The number of hydrogen-bond acceptors (Lipinski definition) is 7. The summed E-state index contributed by atoms with van der Waals surface area (Å²) < 4.78 is 6.35. The van der Waals surface area contributed by atoms with Crippen LogP contribution in [0.1, 0.15) is 32.9 Å². The third-order valence-electron chi connectivity index (χ3n) is 4.41. The van der Waals surface area contributed by atoms with Crippen LogP contribution >= 0.6 is 11.8 Å². The Kier molecular flexibility index (Phi) is 5.93. The first kappa shape index (κ1) is 19.8. The molecule has 0 bridgehead atoms. The summed E-state index contributed by atoms with van der Waals surface area (Å²) in [6.45, 7) is 4.15. The Hall–Kier alpha value is -2.94. The van der Waals surface area contributed by atoms with Gasteiger partial charge in [-0.05, 0) is 37.8 Å². The third kappa shape index (κ3) is 4.14. The molecule has 146 valence electrons. The second-order valence-electron chi connectivity index (χ2n) is 6.21. The monoisotopic (exact) mass is 399 g/mol. The van der Waals surface area contributed by atoms with Crippen molar-refractivity contribution in [1.29, 1.82) is 0 Å². The number of esters is 1. The normalized spacial score (nSPS) is 10.9. The lowest BCUT2D eigenvalue weighted by Gasteiger charge is -2.11. The second-order valence-corrected chi connectivity index (χ2v) is 6.99. The third-order valence-corrected chi connectivity index (χ3v) is 4.95. The van der Waals surface area contributed by atoms with Gasteiger partial charge in [0.1, 0.15) is 0 Å². The average molecular weight is 399 g/mol. The summed E-state index contributed by atoms with van der Waals surface area (Å²) in [5.41, 5.74) is 3.82. The molecule has 28 heavy (non-hydrogen) atoms. The van der Waals surface area contributed by atoms with Gasteiger partial charge in [-0.2, -0.15) is 4.98 Å². The number of ether oxygens (including phenoxy) is 1. The van der Waals surface area contributed by atoms with E-state index < -0.39 is 0 Å². The number of aromatic nitrogens is 4. The number of carbonyl (C=O) groups excluding carboxylic acids is 2. The van der Waals surface area contributed by atoms with Crippen molar-refractivity contribution in [2.75, 3.05) is 13.4 Å². The summed E-state index contributed by atoms with van der Waals surface area (Å²) in [6.07, 6.45) is 2.11. The molecule has 0 atom stereocenters. The number of thioether (sulfide) groups is 1. The van der Waals surface area contributed by atoms with Crippen molar-refractivity contribution in [2.24, 2.45) is 0 Å². The molecule has 2 heterocycles. The molecule has 0 spiro atoms. The molecular formula is C19H21N5O3S. The number of methoxy groups -OCH3 is 1. The molecule has 0 aliphatic carbocycles. The van der Waals surface area contributed by atoms with E-state index in [-0.39, 0.29) is 18.3 Å². The average Bonchev–Trinajstić information content (AvgIpc) is 3.12. The lowest BCUT2D eigenvalue weighted by molar-refractivity contribution is -0.120. The van der Waals surface area contributed by atoms with E-state index in [9.17, 15) is 9.59 Å². The van der Waals surface area contributed by atoms with Gasteiger partial charge in [0.15, 0.2) is 0 Å². The number of amides is 1. The maximum absolute atomic E-state index is 12.4. The minimum Gasteiger partial charge on any atom is -0.465 e. The van der Waals surface area contributed by atoms with Gasteiger partial charge in [0.25, 0.3) is 5.78 Å². The molecular weight excluding hydrogens is 378 g/mol. The fourth-order valence-corrected chi connectivity index (χ4v) is 3.17. The van der Waals surface area contributed by atoms with Crippen molar-refractivity contribution >= 4 is 29.4 Å². The number of fused-ring (bicyclic) bond motifs is 1. The fraction of sp³-hybridized carbons (Fsp3) is 0.316. The van der Waals surface area contributed by atoms with Crippen LogP contribution in [0.4, 0.5) is 0 Å². The van der Waals surface area contributed by atoms with Crippen molar-refractivity contribution < 1.29 is 14.3 Å². The van der Waals surface area contributed by atoms with Crippen LogP contribution in [0.15, 0.2) is 29.4 Å². The van der Waals surface area contributed by atoms with Crippen LogP contribution in [0.3, 0.4) is 0 Å². The molecule has 3 aromatic rings. The van der Waals surface area contributed by atoms with Gasteiger partial charge in [0.2, 0.25) is 11.1 Å². The van der Waals surface area contributed by atoms with Crippen LogP contribution in [0.25, 0.3) is 5.78 Å². The van der Waals surface area contributed by atoms with E-state index in [2.05, 4.69) is 25.1 Å². The standard InChI is InChI=1S/C19H21N5O3S/c1-11-15(12(2)24-18(21-11)22-19(23-24)28-4)9-16(25)20-10-13-5-7-14(8-6-13)17(26)27-3/h5-8H,9-10H2,1-4H3,(H,20,25). The first-order chi connectivity index (χ1) is 13.4. The highest BCUT2D eigenvalue weighted by Gasteiger charge is 2.16. The largest absolute Gasteiger partial charge is 0.465 e. The molecule has 0 aliphatic heterocycles. The van der Waals surface area contributed by atoms with Crippen molar-refractivity contribution in [3.8, 4) is 0 Å². The summed E-state index contributed by atoms with van der Waals surface area (Å²) >= 11 is 1.45. The molecule has 8 nitrogen and oxygen atoms in total. The van der Waals surface area contributed by atoms with Gasteiger partial charge >= 0.3 is 5.97 Å². The van der Waals surface area contributed by atoms with Gasteiger partial charge < -0.3 is 10.1 Å². The molecule has 9 heteroatoms. The summed E-state index contributed by atoms with van der Waals surface area (Å²) in [5.74, 6) is 0.0333. The van der Waals surface area contributed by atoms with Crippen LogP contribution in [0.2, 0.25) is 0 Å². The minimum absolute atomic E-state index is 0.116. The number of aryl methyl sites for hydroxylation is 2. The molecule has 0 saturated carbocycles. The Morgan fingerprint density at radius 1 is 1.18 bits per heavy atom. The molecule has 0 aliphatic rings. The van der Waals surface area contributed by atoms with Crippen LogP contribution < -0.4 is 5.32 Å². The molecule has 1 N–H and O–H groups in total. The van der Waals surface area contributed by atoms with E-state index in [4.69, 9.17) is 0 Å². The summed E-state index contributed by atoms with van der Waals surface area (Å²) in [7, 11) is 1.34. The highest BCUT2D eigenvalue weighted by Crippen LogP contribution is 2.17. The molecule has 0 saturated heterocycles. The first-order valence-electron chi connectivity index (χ1n) is 8.63. The number of nitrogens with zero attached hydrogens (tertiary/aromatic N) is 4. The Balaban J connectivity index is 1.68.